The molecule has 25 heavy (non-hydrogen) atoms. The van der Waals surface area contributed by atoms with Gasteiger partial charge in [-0.15, -0.1) is 0 Å². The number of aromatic amines is 1. The lowest BCUT2D eigenvalue weighted by Gasteiger charge is -2.16. The summed E-state index contributed by atoms with van der Waals surface area (Å²) in [5.74, 6) is 0.0667. The number of H-pyrrole nitrogens is 1. The van der Waals surface area contributed by atoms with E-state index in [2.05, 4.69) is 27.4 Å². The Labute approximate surface area is 148 Å². The molecule has 2 heterocycles. The Morgan fingerprint density at radius 1 is 1.16 bits per heavy atom. The van der Waals surface area contributed by atoms with Gasteiger partial charge in [0.05, 0.1) is 6.54 Å². The summed E-state index contributed by atoms with van der Waals surface area (Å²) < 4.78 is 0. The number of para-hydroxylation sites is 1. The van der Waals surface area contributed by atoms with Crippen molar-refractivity contribution in [3.63, 3.8) is 0 Å². The maximum absolute atomic E-state index is 12.1. The predicted octanol–water partition coefficient (Wildman–Crippen LogP) is 2.40. The number of amides is 1. The molecule has 0 spiro atoms. The number of rotatable bonds is 8. The van der Waals surface area contributed by atoms with Crippen LogP contribution in [0.3, 0.4) is 0 Å². The number of carbonyl (C=O) groups is 1. The lowest BCUT2D eigenvalue weighted by atomic mass is 10.1. The molecule has 0 aliphatic rings. The standard InChI is InChI=1S/C20H24N4O/c1-24(13-9-16-6-10-21-11-7-16)15-20(25)22-12-8-17-14-23-19-5-3-2-4-18(17)19/h2-7,10-11,14,23H,8-9,12-13,15H2,1H3,(H,22,25). The fraction of sp³-hybridized carbons (Fsp3) is 0.300. The van der Waals surface area contributed by atoms with Crippen LogP contribution in [0.1, 0.15) is 11.1 Å². The van der Waals surface area contributed by atoms with Crippen LogP contribution >= 0.6 is 0 Å². The molecular formula is C20H24N4O. The van der Waals surface area contributed by atoms with Crippen LogP contribution in [0.4, 0.5) is 0 Å². The molecule has 0 aliphatic heterocycles. The molecule has 2 N–H and O–H groups in total. The third-order valence-electron chi connectivity index (χ3n) is 4.34. The number of hydrogen-bond donors (Lipinski definition) is 2. The number of nitrogens with one attached hydrogen (secondary N) is 2. The van der Waals surface area contributed by atoms with Crippen molar-refractivity contribution < 1.29 is 4.79 Å². The van der Waals surface area contributed by atoms with E-state index in [1.165, 1.54) is 16.5 Å². The van der Waals surface area contributed by atoms with Crippen molar-refractivity contribution in [2.75, 3.05) is 26.7 Å². The van der Waals surface area contributed by atoms with Crippen LogP contribution in [0.5, 0.6) is 0 Å². The maximum atomic E-state index is 12.1. The molecular weight excluding hydrogens is 312 g/mol. The second-order valence-corrected chi connectivity index (χ2v) is 6.30. The van der Waals surface area contributed by atoms with Crippen LogP contribution in [0.15, 0.2) is 55.0 Å². The van der Waals surface area contributed by atoms with E-state index >= 15 is 0 Å². The quantitative estimate of drug-likeness (QED) is 0.664. The first kappa shape index (κ1) is 17.2. The molecule has 0 saturated carbocycles. The Hall–Kier alpha value is -2.66. The fourth-order valence-corrected chi connectivity index (χ4v) is 2.92. The summed E-state index contributed by atoms with van der Waals surface area (Å²) in [5, 5.41) is 4.24. The van der Waals surface area contributed by atoms with Gasteiger partial charge in [0.25, 0.3) is 0 Å². The second-order valence-electron chi connectivity index (χ2n) is 6.30. The first-order valence-electron chi connectivity index (χ1n) is 8.61. The molecule has 5 nitrogen and oxygen atoms in total. The van der Waals surface area contributed by atoms with Crippen LogP contribution in [-0.2, 0) is 17.6 Å². The minimum absolute atomic E-state index is 0.0667. The molecule has 3 rings (SSSR count). The Balaban J connectivity index is 1.39. The lowest BCUT2D eigenvalue weighted by molar-refractivity contribution is -0.121. The van der Waals surface area contributed by atoms with Gasteiger partial charge in [-0.05, 0) is 49.2 Å². The Bertz CT molecular complexity index is 813. The summed E-state index contributed by atoms with van der Waals surface area (Å²) >= 11 is 0. The van der Waals surface area contributed by atoms with Crippen LogP contribution < -0.4 is 5.32 Å². The molecule has 1 amide bonds. The van der Waals surface area contributed by atoms with Gasteiger partial charge in [0.15, 0.2) is 0 Å². The fourth-order valence-electron chi connectivity index (χ4n) is 2.92. The van der Waals surface area contributed by atoms with E-state index in [0.29, 0.717) is 13.1 Å². The molecule has 0 bridgehead atoms. The van der Waals surface area contributed by atoms with Gasteiger partial charge in [0.1, 0.15) is 0 Å². The molecule has 0 radical (unpaired) electrons. The Morgan fingerprint density at radius 2 is 1.96 bits per heavy atom. The average molecular weight is 336 g/mol. The third kappa shape index (κ3) is 4.90. The topological polar surface area (TPSA) is 61.0 Å². The smallest absolute Gasteiger partial charge is 0.234 e. The van der Waals surface area contributed by atoms with Gasteiger partial charge >= 0.3 is 0 Å². The Kier molecular flexibility index (Phi) is 5.80. The van der Waals surface area contributed by atoms with Crippen molar-refractivity contribution in [2.24, 2.45) is 0 Å². The second kappa shape index (κ2) is 8.44. The van der Waals surface area contributed by atoms with E-state index in [1.54, 1.807) is 12.4 Å². The van der Waals surface area contributed by atoms with Crippen molar-refractivity contribution in [2.45, 2.75) is 12.8 Å². The van der Waals surface area contributed by atoms with Crippen molar-refractivity contribution in [1.29, 1.82) is 0 Å². The van der Waals surface area contributed by atoms with E-state index in [0.717, 1.165) is 24.9 Å². The number of fused-ring (bicyclic) bond motifs is 1. The Morgan fingerprint density at radius 3 is 2.80 bits per heavy atom. The molecule has 0 atom stereocenters. The summed E-state index contributed by atoms with van der Waals surface area (Å²) in [6, 6.07) is 12.2. The number of nitrogens with zero attached hydrogens (tertiary/aromatic N) is 2. The van der Waals surface area contributed by atoms with Crippen LogP contribution in [0, 0.1) is 0 Å². The predicted molar refractivity (Wildman–Crippen MR) is 100 cm³/mol. The highest BCUT2D eigenvalue weighted by atomic mass is 16.2. The molecule has 3 aromatic rings. The zero-order chi connectivity index (χ0) is 17.5. The van der Waals surface area contributed by atoms with Crippen molar-refractivity contribution >= 4 is 16.8 Å². The zero-order valence-electron chi connectivity index (χ0n) is 14.5. The lowest BCUT2D eigenvalue weighted by Crippen LogP contribution is -2.36. The highest BCUT2D eigenvalue weighted by Gasteiger charge is 2.07. The van der Waals surface area contributed by atoms with Gasteiger partial charge in [0, 0.05) is 42.6 Å². The molecule has 0 aliphatic carbocycles. The summed E-state index contributed by atoms with van der Waals surface area (Å²) in [7, 11) is 1.97. The zero-order valence-corrected chi connectivity index (χ0v) is 14.5. The number of aromatic nitrogens is 2. The third-order valence-corrected chi connectivity index (χ3v) is 4.34. The van der Waals surface area contributed by atoms with Gasteiger partial charge in [-0.1, -0.05) is 18.2 Å². The molecule has 5 heteroatoms. The summed E-state index contributed by atoms with van der Waals surface area (Å²) in [5.41, 5.74) is 3.61. The number of benzene rings is 1. The number of pyridine rings is 1. The van der Waals surface area contributed by atoms with Crippen LogP contribution in [0.25, 0.3) is 10.9 Å². The van der Waals surface area contributed by atoms with E-state index in [-0.39, 0.29) is 5.91 Å². The summed E-state index contributed by atoms with van der Waals surface area (Å²) in [6.07, 6.45) is 7.37. The number of hydrogen-bond acceptors (Lipinski definition) is 3. The van der Waals surface area contributed by atoms with E-state index in [1.807, 2.05) is 42.4 Å². The van der Waals surface area contributed by atoms with Crippen molar-refractivity contribution in [3.8, 4) is 0 Å². The van der Waals surface area contributed by atoms with E-state index in [9.17, 15) is 4.79 Å². The largest absolute Gasteiger partial charge is 0.361 e. The van der Waals surface area contributed by atoms with E-state index in [4.69, 9.17) is 0 Å². The van der Waals surface area contributed by atoms with Gasteiger partial charge < -0.3 is 10.3 Å². The number of carbonyl (C=O) groups excluding carboxylic acids is 1. The molecule has 0 unspecified atom stereocenters. The van der Waals surface area contributed by atoms with Gasteiger partial charge in [0.2, 0.25) is 5.91 Å². The first-order valence-corrected chi connectivity index (χ1v) is 8.61. The molecule has 2 aromatic heterocycles. The van der Waals surface area contributed by atoms with E-state index < -0.39 is 0 Å². The minimum atomic E-state index is 0.0667. The summed E-state index contributed by atoms with van der Waals surface area (Å²) in [4.78, 5) is 21.4. The van der Waals surface area contributed by atoms with Gasteiger partial charge in [-0.2, -0.15) is 0 Å². The monoisotopic (exact) mass is 336 g/mol. The highest BCUT2D eigenvalue weighted by Crippen LogP contribution is 2.17. The molecule has 0 saturated heterocycles. The SMILES string of the molecule is CN(CCc1ccncc1)CC(=O)NCCc1c[nH]c2ccccc12. The minimum Gasteiger partial charge on any atom is -0.361 e. The normalized spacial score (nSPS) is 11.1. The maximum Gasteiger partial charge on any atom is 0.234 e. The molecule has 130 valence electrons. The average Bonchev–Trinajstić information content (AvgIpc) is 3.04. The molecule has 1 aromatic carbocycles. The van der Waals surface area contributed by atoms with Crippen LogP contribution in [-0.4, -0.2) is 47.5 Å². The first-order chi connectivity index (χ1) is 12.2. The van der Waals surface area contributed by atoms with Gasteiger partial charge in [-0.25, -0.2) is 0 Å². The molecule has 0 fully saturated rings. The summed E-state index contributed by atoms with van der Waals surface area (Å²) in [6.45, 7) is 1.91. The highest BCUT2D eigenvalue weighted by molar-refractivity contribution is 5.83. The van der Waals surface area contributed by atoms with Crippen molar-refractivity contribution in [3.05, 3.63) is 66.1 Å². The van der Waals surface area contributed by atoms with Crippen molar-refractivity contribution in [1.82, 2.24) is 20.2 Å². The van der Waals surface area contributed by atoms with Gasteiger partial charge in [-0.3, -0.25) is 14.7 Å². The number of likely N-dealkylation sites (N-methyl/N-ethyl adjacent to an activating group) is 1. The van der Waals surface area contributed by atoms with Crippen LogP contribution in [0.2, 0.25) is 0 Å².